The van der Waals surface area contributed by atoms with E-state index in [1.807, 2.05) is 36.4 Å². The quantitative estimate of drug-likeness (QED) is 0.673. The van der Waals surface area contributed by atoms with Crippen LogP contribution in [0.3, 0.4) is 0 Å². The fourth-order valence-electron chi connectivity index (χ4n) is 2.26. The molecule has 120 valence electrons. The SMILES string of the molecule is C=CCN1C(=O)/C(=C\c2ccccc2)SC1=Nc1cccc(O)c1. The molecule has 0 atom stereocenters. The van der Waals surface area contributed by atoms with Gasteiger partial charge in [0.25, 0.3) is 5.91 Å². The molecule has 0 unspecified atom stereocenters. The van der Waals surface area contributed by atoms with Gasteiger partial charge in [-0.3, -0.25) is 9.69 Å². The largest absolute Gasteiger partial charge is 0.508 e. The van der Waals surface area contributed by atoms with Gasteiger partial charge in [0.2, 0.25) is 0 Å². The summed E-state index contributed by atoms with van der Waals surface area (Å²) < 4.78 is 0. The Balaban J connectivity index is 1.95. The van der Waals surface area contributed by atoms with E-state index in [4.69, 9.17) is 0 Å². The number of benzene rings is 2. The van der Waals surface area contributed by atoms with E-state index in [2.05, 4.69) is 11.6 Å². The summed E-state index contributed by atoms with van der Waals surface area (Å²) >= 11 is 1.32. The van der Waals surface area contributed by atoms with Gasteiger partial charge in [0.05, 0.1) is 10.6 Å². The summed E-state index contributed by atoms with van der Waals surface area (Å²) in [5, 5.41) is 10.1. The summed E-state index contributed by atoms with van der Waals surface area (Å²) in [6, 6.07) is 16.3. The molecule has 0 bridgehead atoms. The van der Waals surface area contributed by atoms with E-state index >= 15 is 0 Å². The Morgan fingerprint density at radius 1 is 1.17 bits per heavy atom. The van der Waals surface area contributed by atoms with Crippen molar-refractivity contribution < 1.29 is 9.90 Å². The number of thioether (sulfide) groups is 1. The van der Waals surface area contributed by atoms with Gasteiger partial charge < -0.3 is 5.11 Å². The van der Waals surface area contributed by atoms with Crippen molar-refractivity contribution in [2.45, 2.75) is 0 Å². The van der Waals surface area contributed by atoms with Crippen molar-refractivity contribution in [1.29, 1.82) is 0 Å². The van der Waals surface area contributed by atoms with Crippen LogP contribution in [0.5, 0.6) is 5.75 Å². The number of amides is 1. The van der Waals surface area contributed by atoms with Crippen LogP contribution in [0.2, 0.25) is 0 Å². The van der Waals surface area contributed by atoms with E-state index in [0.29, 0.717) is 22.3 Å². The number of rotatable bonds is 4. The maximum absolute atomic E-state index is 12.6. The first kappa shape index (κ1) is 16.1. The van der Waals surface area contributed by atoms with Gasteiger partial charge in [-0.25, -0.2) is 4.99 Å². The maximum Gasteiger partial charge on any atom is 0.267 e. The van der Waals surface area contributed by atoms with Crippen LogP contribution in [0, 0.1) is 0 Å². The third-order valence-electron chi connectivity index (χ3n) is 3.35. The second kappa shape index (κ2) is 7.19. The Morgan fingerprint density at radius 2 is 1.96 bits per heavy atom. The van der Waals surface area contributed by atoms with Crippen molar-refractivity contribution in [3.63, 3.8) is 0 Å². The van der Waals surface area contributed by atoms with Gasteiger partial charge in [-0.2, -0.15) is 0 Å². The van der Waals surface area contributed by atoms with Crippen molar-refractivity contribution in [3.8, 4) is 5.75 Å². The number of carbonyl (C=O) groups is 1. The number of carbonyl (C=O) groups excluding carboxylic acids is 1. The van der Waals surface area contributed by atoms with Crippen molar-refractivity contribution in [3.05, 3.63) is 77.7 Å². The Kier molecular flexibility index (Phi) is 4.82. The zero-order valence-electron chi connectivity index (χ0n) is 12.9. The van der Waals surface area contributed by atoms with Crippen LogP contribution < -0.4 is 0 Å². The fourth-order valence-corrected chi connectivity index (χ4v) is 3.26. The van der Waals surface area contributed by atoms with Crippen LogP contribution in [-0.4, -0.2) is 27.6 Å². The highest BCUT2D eigenvalue weighted by Gasteiger charge is 2.32. The monoisotopic (exact) mass is 336 g/mol. The molecule has 1 aliphatic rings. The minimum absolute atomic E-state index is 0.0948. The lowest BCUT2D eigenvalue weighted by molar-refractivity contribution is -0.121. The Labute approximate surface area is 144 Å². The molecular formula is C19H16N2O2S. The van der Waals surface area contributed by atoms with E-state index in [1.165, 1.54) is 11.8 Å². The average Bonchev–Trinajstić information content (AvgIpc) is 2.85. The van der Waals surface area contributed by atoms with Crippen molar-refractivity contribution in [2.75, 3.05) is 6.54 Å². The lowest BCUT2D eigenvalue weighted by Gasteiger charge is -2.12. The van der Waals surface area contributed by atoms with Gasteiger partial charge in [-0.05, 0) is 35.5 Å². The third kappa shape index (κ3) is 3.58. The van der Waals surface area contributed by atoms with Gasteiger partial charge in [0.1, 0.15) is 5.75 Å². The molecule has 1 heterocycles. The molecule has 1 amide bonds. The lowest BCUT2D eigenvalue weighted by Crippen LogP contribution is -2.29. The molecule has 2 aromatic carbocycles. The molecule has 5 heteroatoms. The third-order valence-corrected chi connectivity index (χ3v) is 4.36. The van der Waals surface area contributed by atoms with E-state index in [0.717, 1.165) is 5.56 Å². The molecule has 3 rings (SSSR count). The van der Waals surface area contributed by atoms with Gasteiger partial charge in [0, 0.05) is 12.6 Å². The van der Waals surface area contributed by atoms with E-state index in [1.54, 1.807) is 35.2 Å². The smallest absolute Gasteiger partial charge is 0.267 e. The Hall–Kier alpha value is -2.79. The predicted molar refractivity (Wildman–Crippen MR) is 99.1 cm³/mol. The van der Waals surface area contributed by atoms with Gasteiger partial charge in [-0.15, -0.1) is 6.58 Å². The number of hydrogen-bond acceptors (Lipinski definition) is 4. The number of aliphatic imine (C=N–C) groups is 1. The van der Waals surface area contributed by atoms with Crippen molar-refractivity contribution in [1.82, 2.24) is 4.90 Å². The summed E-state index contributed by atoms with van der Waals surface area (Å²) in [5.74, 6) is 0.0455. The molecule has 1 aliphatic heterocycles. The van der Waals surface area contributed by atoms with Crippen LogP contribution >= 0.6 is 11.8 Å². The minimum atomic E-state index is -0.0948. The number of phenolic OH excluding ortho intramolecular Hbond substituents is 1. The summed E-state index contributed by atoms with van der Waals surface area (Å²) in [4.78, 5) is 19.3. The zero-order chi connectivity index (χ0) is 16.9. The highest BCUT2D eigenvalue weighted by atomic mass is 32.2. The number of phenols is 1. The summed E-state index contributed by atoms with van der Waals surface area (Å²) in [7, 11) is 0. The first-order chi connectivity index (χ1) is 11.7. The molecule has 1 saturated heterocycles. The molecule has 1 N–H and O–H groups in total. The number of nitrogens with zero attached hydrogens (tertiary/aromatic N) is 2. The zero-order valence-corrected chi connectivity index (χ0v) is 13.7. The summed E-state index contributed by atoms with van der Waals surface area (Å²) in [6.45, 7) is 4.09. The number of aromatic hydroxyl groups is 1. The van der Waals surface area contributed by atoms with Gasteiger partial charge in [0.15, 0.2) is 5.17 Å². The molecule has 4 nitrogen and oxygen atoms in total. The predicted octanol–water partition coefficient (Wildman–Crippen LogP) is 4.18. The summed E-state index contributed by atoms with van der Waals surface area (Å²) in [6.07, 6.45) is 3.52. The second-order valence-electron chi connectivity index (χ2n) is 5.14. The molecule has 24 heavy (non-hydrogen) atoms. The van der Waals surface area contributed by atoms with Crippen LogP contribution in [0.25, 0.3) is 6.08 Å². The van der Waals surface area contributed by atoms with Gasteiger partial charge >= 0.3 is 0 Å². The highest BCUT2D eigenvalue weighted by molar-refractivity contribution is 8.18. The second-order valence-corrected chi connectivity index (χ2v) is 6.15. The average molecular weight is 336 g/mol. The molecule has 0 radical (unpaired) electrons. The summed E-state index contributed by atoms with van der Waals surface area (Å²) in [5.41, 5.74) is 1.56. The van der Waals surface area contributed by atoms with E-state index < -0.39 is 0 Å². The Morgan fingerprint density at radius 3 is 2.67 bits per heavy atom. The molecule has 1 fully saturated rings. The molecule has 0 spiro atoms. The molecule has 0 aromatic heterocycles. The van der Waals surface area contributed by atoms with Crippen LogP contribution in [0.4, 0.5) is 5.69 Å². The normalized spacial score (nSPS) is 17.7. The minimum Gasteiger partial charge on any atom is -0.508 e. The van der Waals surface area contributed by atoms with Crippen LogP contribution in [0.1, 0.15) is 5.56 Å². The lowest BCUT2D eigenvalue weighted by atomic mass is 10.2. The standard InChI is InChI=1S/C19H16N2O2S/c1-2-11-21-18(23)17(12-14-7-4-3-5-8-14)24-19(21)20-15-9-6-10-16(22)13-15/h2-10,12-13,22H,1,11H2/b17-12+,20-19?. The topological polar surface area (TPSA) is 52.9 Å². The fraction of sp³-hybridized carbons (Fsp3) is 0.0526. The molecule has 0 saturated carbocycles. The number of amidine groups is 1. The van der Waals surface area contributed by atoms with Crippen LogP contribution in [0.15, 0.2) is 77.1 Å². The maximum atomic E-state index is 12.6. The van der Waals surface area contributed by atoms with Crippen LogP contribution in [-0.2, 0) is 4.79 Å². The van der Waals surface area contributed by atoms with Gasteiger partial charge in [-0.1, -0.05) is 42.5 Å². The molecule has 2 aromatic rings. The van der Waals surface area contributed by atoms with Crippen molar-refractivity contribution in [2.24, 2.45) is 4.99 Å². The molecule has 0 aliphatic carbocycles. The first-order valence-electron chi connectivity index (χ1n) is 7.42. The van der Waals surface area contributed by atoms with E-state index in [9.17, 15) is 9.90 Å². The van der Waals surface area contributed by atoms with Crippen molar-refractivity contribution >= 4 is 34.6 Å². The highest BCUT2D eigenvalue weighted by Crippen LogP contribution is 2.34. The molecular weight excluding hydrogens is 320 g/mol. The van der Waals surface area contributed by atoms with E-state index in [-0.39, 0.29) is 11.7 Å². The number of hydrogen-bond donors (Lipinski definition) is 1. The Bertz CT molecular complexity index is 828. The first-order valence-corrected chi connectivity index (χ1v) is 8.24.